The Labute approximate surface area is 82.0 Å². The molecule has 2 rings (SSSR count). The molecule has 0 amide bonds. The van der Waals surface area contributed by atoms with Crippen LogP contribution in [0.4, 0.5) is 4.39 Å². The molecular formula is C11H11FN2. The number of hydrogen-bond donors (Lipinski definition) is 0. The van der Waals surface area contributed by atoms with Gasteiger partial charge >= 0.3 is 0 Å². The molecule has 1 aromatic carbocycles. The molecule has 0 spiro atoms. The maximum Gasteiger partial charge on any atom is 0.125 e. The molecule has 0 bridgehead atoms. The normalized spacial score (nSPS) is 10.5. The Bertz CT molecular complexity index is 440. The Kier molecular flexibility index (Phi) is 2.08. The first-order valence-electron chi connectivity index (χ1n) is 4.44. The summed E-state index contributed by atoms with van der Waals surface area (Å²) in [5.41, 5.74) is 2.72. The van der Waals surface area contributed by atoms with Crippen molar-refractivity contribution in [1.82, 2.24) is 9.78 Å². The first-order valence-corrected chi connectivity index (χ1v) is 4.44. The molecule has 3 heteroatoms. The van der Waals surface area contributed by atoms with Gasteiger partial charge in [0.1, 0.15) is 5.82 Å². The first-order chi connectivity index (χ1) is 6.65. The van der Waals surface area contributed by atoms with E-state index in [9.17, 15) is 4.39 Å². The zero-order valence-electron chi connectivity index (χ0n) is 8.16. The molecule has 0 radical (unpaired) electrons. The minimum Gasteiger partial charge on any atom is -0.241 e. The van der Waals surface area contributed by atoms with Gasteiger partial charge in [-0.1, -0.05) is 0 Å². The molecule has 1 heterocycles. The molecule has 0 unspecified atom stereocenters. The van der Waals surface area contributed by atoms with Gasteiger partial charge in [-0.2, -0.15) is 5.10 Å². The highest BCUT2D eigenvalue weighted by molar-refractivity contribution is 5.35. The van der Waals surface area contributed by atoms with Crippen LogP contribution in [0.25, 0.3) is 5.69 Å². The molecule has 0 saturated heterocycles. The van der Waals surface area contributed by atoms with Crippen molar-refractivity contribution in [3.05, 3.63) is 47.5 Å². The van der Waals surface area contributed by atoms with Crippen LogP contribution in [0, 0.1) is 19.7 Å². The third kappa shape index (κ3) is 1.66. The summed E-state index contributed by atoms with van der Waals surface area (Å²) in [4.78, 5) is 0. The van der Waals surface area contributed by atoms with E-state index in [0.29, 0.717) is 0 Å². The quantitative estimate of drug-likeness (QED) is 0.676. The Morgan fingerprint density at radius 1 is 1.14 bits per heavy atom. The summed E-state index contributed by atoms with van der Waals surface area (Å²) in [5.74, 6) is -0.229. The summed E-state index contributed by atoms with van der Waals surface area (Å²) >= 11 is 0. The molecule has 2 nitrogen and oxygen atoms in total. The van der Waals surface area contributed by atoms with Crippen molar-refractivity contribution in [1.29, 1.82) is 0 Å². The molecule has 0 aliphatic carbocycles. The molecule has 0 atom stereocenters. The van der Waals surface area contributed by atoms with E-state index >= 15 is 0 Å². The van der Waals surface area contributed by atoms with Gasteiger partial charge in [0.2, 0.25) is 0 Å². The van der Waals surface area contributed by atoms with Crippen molar-refractivity contribution >= 4 is 0 Å². The maximum absolute atomic E-state index is 13.1. The molecule has 72 valence electrons. The standard InChI is InChI=1S/C11H11FN2/c1-8-3-10(12)5-11(4-8)14-7-9(2)6-13-14/h3-7H,1-2H3. The fraction of sp³-hybridized carbons (Fsp3) is 0.182. The average Bonchev–Trinajstić information content (AvgIpc) is 2.50. The molecule has 14 heavy (non-hydrogen) atoms. The van der Waals surface area contributed by atoms with Gasteiger partial charge in [-0.05, 0) is 43.2 Å². The number of nitrogens with zero attached hydrogens (tertiary/aromatic N) is 2. The van der Waals surface area contributed by atoms with Gasteiger partial charge in [0.25, 0.3) is 0 Å². The minimum atomic E-state index is -0.229. The molecule has 0 fully saturated rings. The van der Waals surface area contributed by atoms with Crippen LogP contribution in [-0.4, -0.2) is 9.78 Å². The second-order valence-corrected chi connectivity index (χ2v) is 3.45. The lowest BCUT2D eigenvalue weighted by molar-refractivity contribution is 0.624. The maximum atomic E-state index is 13.1. The molecule has 0 N–H and O–H groups in total. The highest BCUT2D eigenvalue weighted by Crippen LogP contribution is 2.12. The largest absolute Gasteiger partial charge is 0.241 e. The first kappa shape index (κ1) is 8.94. The van der Waals surface area contributed by atoms with E-state index in [1.54, 1.807) is 10.9 Å². The van der Waals surface area contributed by atoms with E-state index in [1.165, 1.54) is 12.1 Å². The van der Waals surface area contributed by atoms with Gasteiger partial charge in [0.15, 0.2) is 0 Å². The number of aromatic nitrogens is 2. The molecule has 2 aromatic rings. The monoisotopic (exact) mass is 190 g/mol. The van der Waals surface area contributed by atoms with Crippen LogP contribution in [0.2, 0.25) is 0 Å². The van der Waals surface area contributed by atoms with Crippen molar-refractivity contribution < 1.29 is 4.39 Å². The fourth-order valence-electron chi connectivity index (χ4n) is 1.40. The van der Waals surface area contributed by atoms with Crippen molar-refractivity contribution in [2.75, 3.05) is 0 Å². The molecule has 0 aliphatic rings. The molecule has 0 aliphatic heterocycles. The van der Waals surface area contributed by atoms with Crippen LogP contribution in [0.5, 0.6) is 0 Å². The zero-order chi connectivity index (χ0) is 10.1. The number of rotatable bonds is 1. The third-order valence-electron chi connectivity index (χ3n) is 2.00. The van der Waals surface area contributed by atoms with Gasteiger partial charge < -0.3 is 0 Å². The van der Waals surface area contributed by atoms with Crippen LogP contribution >= 0.6 is 0 Å². The Morgan fingerprint density at radius 2 is 1.93 bits per heavy atom. The van der Waals surface area contributed by atoms with Crippen molar-refractivity contribution in [2.45, 2.75) is 13.8 Å². The number of benzene rings is 1. The summed E-state index contributed by atoms with van der Waals surface area (Å²) in [6.07, 6.45) is 3.62. The Balaban J connectivity index is 2.51. The summed E-state index contributed by atoms with van der Waals surface area (Å²) in [7, 11) is 0. The summed E-state index contributed by atoms with van der Waals surface area (Å²) in [5, 5.41) is 4.12. The lowest BCUT2D eigenvalue weighted by Gasteiger charge is -2.02. The van der Waals surface area contributed by atoms with Crippen molar-refractivity contribution in [3.63, 3.8) is 0 Å². The van der Waals surface area contributed by atoms with Crippen molar-refractivity contribution in [2.24, 2.45) is 0 Å². The smallest absolute Gasteiger partial charge is 0.125 e. The van der Waals surface area contributed by atoms with Gasteiger partial charge in [-0.15, -0.1) is 0 Å². The van der Waals surface area contributed by atoms with Crippen LogP contribution < -0.4 is 0 Å². The van der Waals surface area contributed by atoms with Gasteiger partial charge in [0.05, 0.1) is 11.9 Å². The number of halogens is 1. The lowest BCUT2D eigenvalue weighted by atomic mass is 10.2. The van der Waals surface area contributed by atoms with Crippen LogP contribution in [0.1, 0.15) is 11.1 Å². The third-order valence-corrected chi connectivity index (χ3v) is 2.00. The van der Waals surface area contributed by atoms with Crippen LogP contribution in [0.3, 0.4) is 0 Å². The topological polar surface area (TPSA) is 17.8 Å². The predicted octanol–water partition coefficient (Wildman–Crippen LogP) is 2.63. The number of hydrogen-bond acceptors (Lipinski definition) is 1. The van der Waals surface area contributed by atoms with E-state index in [-0.39, 0.29) is 5.82 Å². The predicted molar refractivity (Wildman–Crippen MR) is 53.0 cm³/mol. The Hall–Kier alpha value is -1.64. The lowest BCUT2D eigenvalue weighted by Crippen LogP contribution is -1.95. The van der Waals surface area contributed by atoms with Gasteiger partial charge in [-0.3, -0.25) is 0 Å². The molecular weight excluding hydrogens is 179 g/mol. The second-order valence-electron chi connectivity index (χ2n) is 3.45. The molecule has 0 saturated carbocycles. The highest BCUT2D eigenvalue weighted by Gasteiger charge is 2.01. The van der Waals surface area contributed by atoms with E-state index < -0.39 is 0 Å². The SMILES string of the molecule is Cc1cc(F)cc(-n2cc(C)cn2)c1. The molecule has 1 aromatic heterocycles. The van der Waals surface area contributed by atoms with Crippen molar-refractivity contribution in [3.8, 4) is 5.69 Å². The van der Waals surface area contributed by atoms with Gasteiger partial charge in [-0.25, -0.2) is 9.07 Å². The van der Waals surface area contributed by atoms with Crippen LogP contribution in [-0.2, 0) is 0 Å². The van der Waals surface area contributed by atoms with E-state index in [4.69, 9.17) is 0 Å². The average molecular weight is 190 g/mol. The summed E-state index contributed by atoms with van der Waals surface area (Å²) < 4.78 is 14.8. The fourth-order valence-corrected chi connectivity index (χ4v) is 1.40. The highest BCUT2D eigenvalue weighted by atomic mass is 19.1. The van der Waals surface area contributed by atoms with Gasteiger partial charge in [0, 0.05) is 6.20 Å². The summed E-state index contributed by atoms with van der Waals surface area (Å²) in [6.45, 7) is 3.82. The van der Waals surface area contributed by atoms with Crippen LogP contribution in [0.15, 0.2) is 30.6 Å². The Morgan fingerprint density at radius 3 is 2.50 bits per heavy atom. The van der Waals surface area contributed by atoms with E-state index in [2.05, 4.69) is 5.10 Å². The van der Waals surface area contributed by atoms with E-state index in [1.807, 2.05) is 26.1 Å². The second kappa shape index (κ2) is 3.25. The van der Waals surface area contributed by atoms with E-state index in [0.717, 1.165) is 16.8 Å². The minimum absolute atomic E-state index is 0.229. The zero-order valence-corrected chi connectivity index (χ0v) is 8.16. The number of aryl methyl sites for hydroxylation is 2. The summed E-state index contributed by atoms with van der Waals surface area (Å²) in [6, 6.07) is 4.87.